The molecule has 694 valence electrons. The summed E-state index contributed by atoms with van der Waals surface area (Å²) in [6.45, 7) is 1.87. The molecule has 0 N–H and O–H groups in total. The molecule has 0 saturated carbocycles. The van der Waals surface area contributed by atoms with Crippen molar-refractivity contribution in [1.29, 1.82) is 0 Å². The highest BCUT2D eigenvalue weighted by atomic mass is 19.4. The number of aromatic nitrogens is 1. The van der Waals surface area contributed by atoms with E-state index in [9.17, 15) is 136 Å². The average Bonchev–Trinajstić information content (AvgIpc) is 0.779. The Balaban J connectivity index is 0.000000171. The second kappa shape index (κ2) is 39.8. The first-order chi connectivity index (χ1) is 61.4. The molecule has 0 fully saturated rings. The molecule has 6 heterocycles. The molecule has 21 nitrogen and oxygen atoms in total. The van der Waals surface area contributed by atoms with Crippen molar-refractivity contribution < 1.29 is 183 Å². The van der Waals surface area contributed by atoms with Crippen molar-refractivity contribution in [3.8, 4) is 57.5 Å². The molecule has 15 rings (SSSR count). The Morgan fingerprint density at radius 2 is 0.371 bits per heavy atom. The first-order valence-electron chi connectivity index (χ1n) is 38.2. The van der Waals surface area contributed by atoms with E-state index in [-0.39, 0.29) is 134 Å². The van der Waals surface area contributed by atoms with Crippen LogP contribution >= 0.6 is 0 Å². The first kappa shape index (κ1) is 99.6. The number of ketones is 10. The SMILES string of the molecule is C.Cc1ccc(C(=O)CCC(=O)c2ccc3c(c2)OC(F)(F)C(F)(F)O3)cc1.O=C(CCC(=O)c1ccc2c(c1)OC(F)(F)C(F)(F)O2)c1ccccc1.O=C(CCC(=O)c1ccc2c(c1)OC(F)(F)C(F)(F)O2)c1ccccc1.O=C(CCC(=O)c1ccc2c(c1)OC(F)(F)C(F)(F)O2)c1ccccc1.O=C(CCC(=O)c1ccccn1)c1ccc2c(c1)OC(F)(F)C(F)(F)O2. The number of nitrogens with zero attached hydrogens (tertiary/aromatic N) is 1. The number of benzene rings is 9. The number of hydrogen-bond donors (Lipinski definition) is 0. The quantitative estimate of drug-likeness (QED) is 0.0380. The molecule has 0 radical (unpaired) electrons. The van der Waals surface area contributed by atoms with Gasteiger partial charge in [0, 0.05) is 120 Å². The van der Waals surface area contributed by atoms with Crippen LogP contribution in [0.3, 0.4) is 0 Å². The predicted molar refractivity (Wildman–Crippen MR) is 419 cm³/mol. The number of fused-ring (bicyclic) bond motifs is 5. The van der Waals surface area contributed by atoms with Crippen molar-refractivity contribution >= 4 is 57.8 Å². The van der Waals surface area contributed by atoms with Crippen LogP contribution in [0.1, 0.15) is 181 Å². The molecule has 0 amide bonds. The van der Waals surface area contributed by atoms with Crippen LogP contribution in [-0.4, -0.2) is 124 Å². The summed E-state index contributed by atoms with van der Waals surface area (Å²) in [7, 11) is 0. The van der Waals surface area contributed by atoms with Crippen molar-refractivity contribution in [3.63, 3.8) is 0 Å². The molecule has 10 aromatic rings. The lowest BCUT2D eigenvalue weighted by atomic mass is 10.0. The highest BCUT2D eigenvalue weighted by molar-refractivity contribution is 6.06. The van der Waals surface area contributed by atoms with Gasteiger partial charge in [-0.3, -0.25) is 52.9 Å². The Morgan fingerprint density at radius 3 is 0.568 bits per heavy atom. The maximum absolute atomic E-state index is 13.2. The van der Waals surface area contributed by atoms with Crippen molar-refractivity contribution in [2.45, 2.75) is 140 Å². The zero-order valence-corrected chi connectivity index (χ0v) is 66.7. The zero-order chi connectivity index (χ0) is 95.6. The van der Waals surface area contributed by atoms with Gasteiger partial charge in [0.05, 0.1) is 0 Å². The molecular formula is C91H65F20NO20. The fourth-order valence-electron chi connectivity index (χ4n) is 11.9. The fraction of sp³-hybridized carbons (Fsp3) is 0.242. The van der Waals surface area contributed by atoms with Crippen LogP contribution < -0.4 is 47.4 Å². The largest absolute Gasteiger partial charge is 0.507 e. The Labute approximate surface area is 732 Å². The lowest BCUT2D eigenvalue weighted by molar-refractivity contribution is -0.391. The number of rotatable bonds is 25. The van der Waals surface area contributed by atoms with Crippen LogP contribution in [0, 0.1) is 6.92 Å². The van der Waals surface area contributed by atoms with Gasteiger partial charge in [0.2, 0.25) is 0 Å². The lowest BCUT2D eigenvalue weighted by Crippen LogP contribution is -2.52. The Kier molecular flexibility index (Phi) is 30.0. The molecule has 0 unspecified atom stereocenters. The maximum Gasteiger partial charge on any atom is 0.507 e. The van der Waals surface area contributed by atoms with E-state index in [1.54, 1.807) is 127 Å². The van der Waals surface area contributed by atoms with Gasteiger partial charge in [-0.15, -0.1) is 0 Å². The van der Waals surface area contributed by atoms with Crippen LogP contribution in [0.15, 0.2) is 231 Å². The van der Waals surface area contributed by atoms with Crippen LogP contribution in [0.2, 0.25) is 0 Å². The van der Waals surface area contributed by atoms with Gasteiger partial charge in [-0.2, -0.15) is 87.8 Å². The second-order valence-corrected chi connectivity index (χ2v) is 28.4. The van der Waals surface area contributed by atoms with Crippen LogP contribution in [0.4, 0.5) is 87.8 Å². The van der Waals surface area contributed by atoms with E-state index in [1.807, 2.05) is 6.92 Å². The van der Waals surface area contributed by atoms with Gasteiger partial charge >= 0.3 is 61.1 Å². The smallest absolute Gasteiger partial charge is 0.421 e. The number of alkyl halides is 20. The average molecular weight is 1870 g/mol. The van der Waals surface area contributed by atoms with Crippen LogP contribution in [0.25, 0.3) is 0 Å². The Morgan fingerprint density at radius 1 is 0.205 bits per heavy atom. The number of hydrogen-bond acceptors (Lipinski definition) is 21. The minimum atomic E-state index is -4.86. The van der Waals surface area contributed by atoms with E-state index < -0.39 is 147 Å². The number of ether oxygens (including phenoxy) is 10. The molecule has 5 aliphatic heterocycles. The third-order valence-corrected chi connectivity index (χ3v) is 18.9. The van der Waals surface area contributed by atoms with E-state index in [4.69, 9.17) is 0 Å². The summed E-state index contributed by atoms with van der Waals surface area (Å²) in [5.41, 5.74) is 2.73. The van der Waals surface area contributed by atoms with Gasteiger partial charge in [0.15, 0.2) is 115 Å². The maximum atomic E-state index is 13.2. The summed E-state index contributed by atoms with van der Waals surface area (Å²) < 4.78 is 303. The number of carbonyl (C=O) groups excluding carboxylic acids is 10. The van der Waals surface area contributed by atoms with Crippen molar-refractivity contribution in [2.24, 2.45) is 0 Å². The van der Waals surface area contributed by atoms with E-state index in [0.29, 0.717) is 22.3 Å². The molecule has 5 aliphatic rings. The van der Waals surface area contributed by atoms with Gasteiger partial charge in [0.25, 0.3) is 0 Å². The minimum Gasteiger partial charge on any atom is -0.421 e. The van der Waals surface area contributed by atoms with Crippen LogP contribution in [-0.2, 0) is 0 Å². The summed E-state index contributed by atoms with van der Waals surface area (Å²) in [6.07, 6.45) is -48.3. The van der Waals surface area contributed by atoms with Crippen molar-refractivity contribution in [2.75, 3.05) is 0 Å². The number of halogens is 20. The summed E-state index contributed by atoms with van der Waals surface area (Å²) in [5, 5.41) is 0. The van der Waals surface area contributed by atoms with E-state index in [2.05, 4.69) is 52.4 Å². The summed E-state index contributed by atoms with van der Waals surface area (Å²) >= 11 is 0. The molecule has 0 spiro atoms. The normalized spacial score (nSPS) is 16.6. The first-order valence-corrected chi connectivity index (χ1v) is 38.2. The van der Waals surface area contributed by atoms with Gasteiger partial charge in [-0.05, 0) is 110 Å². The van der Waals surface area contributed by atoms with Gasteiger partial charge in [-0.1, -0.05) is 134 Å². The molecule has 132 heavy (non-hydrogen) atoms. The Hall–Kier alpha value is -14.6. The van der Waals surface area contributed by atoms with Gasteiger partial charge < -0.3 is 47.4 Å². The standard InChI is InChI=1S/C19H14F4O4.3C18H12F4O4.C17H11F4NO4.CH4/c1-11-2-4-12(5-3-11)14(24)7-8-15(25)13-6-9-16-17(10-13)27-19(22,23)18(20,21)26-16;3*19-17(20)18(21,22)26-16-10-12(6-9-15(16)25-17)14(24)8-7-13(23)11-4-2-1-3-5-11;18-16(19)17(20,21)26-15-9-10(4-7-14(15)25-16)12(23)5-6-13(24)11-3-1-2-8-22-11;/h2-6,9-10H,7-8H2,1H3;3*1-6,9-10H,7-8H2;1-4,7-9H,5-6H2;1H4. The minimum absolute atomic E-state index is 0. The van der Waals surface area contributed by atoms with Gasteiger partial charge in [-0.25, -0.2) is 0 Å². The molecule has 9 aromatic carbocycles. The molecule has 0 atom stereocenters. The Bertz CT molecular complexity index is 5400. The topological polar surface area (TPSA) is 276 Å². The monoisotopic (exact) mass is 1870 g/mol. The summed E-state index contributed by atoms with van der Waals surface area (Å²) in [4.78, 5) is 125. The molecule has 0 saturated heterocycles. The molecule has 0 aliphatic carbocycles. The highest BCUT2D eigenvalue weighted by Gasteiger charge is 2.70. The number of carbonyl (C=O) groups is 10. The molecule has 0 bridgehead atoms. The lowest BCUT2D eigenvalue weighted by Gasteiger charge is -2.31. The van der Waals surface area contributed by atoms with Crippen molar-refractivity contribution in [3.05, 3.63) is 292 Å². The zero-order valence-electron chi connectivity index (χ0n) is 66.7. The fourth-order valence-corrected chi connectivity index (χ4v) is 11.9. The number of Topliss-reactive ketones (excluding diaryl/α,β-unsaturated/α-hetero) is 10. The highest BCUT2D eigenvalue weighted by Crippen LogP contribution is 2.53. The number of aryl methyl sites for hydroxylation is 1. The summed E-state index contributed by atoms with van der Waals surface area (Å²) in [6, 6.07) is 51.6. The van der Waals surface area contributed by atoms with E-state index in [1.165, 1.54) is 12.3 Å². The van der Waals surface area contributed by atoms with E-state index in [0.717, 1.165) is 96.6 Å². The third-order valence-electron chi connectivity index (χ3n) is 18.9. The molecular weight excluding hydrogens is 1810 g/mol. The third kappa shape index (κ3) is 23.7. The van der Waals surface area contributed by atoms with Gasteiger partial charge in [0.1, 0.15) is 5.69 Å². The van der Waals surface area contributed by atoms with Crippen LogP contribution in [0.5, 0.6) is 57.5 Å². The van der Waals surface area contributed by atoms with Crippen molar-refractivity contribution in [1.82, 2.24) is 4.98 Å². The molecule has 41 heteroatoms. The van der Waals surface area contributed by atoms with E-state index >= 15 is 0 Å². The number of pyridine rings is 1. The second-order valence-electron chi connectivity index (χ2n) is 28.4. The summed E-state index contributed by atoms with van der Waals surface area (Å²) in [5.74, 6) is -10.3. The predicted octanol–water partition coefficient (Wildman–Crippen LogP) is 22.8. The molecule has 1 aromatic heterocycles.